The molecule has 2 nitrogen and oxygen atoms in total. The van der Waals surface area contributed by atoms with Crippen LogP contribution in [0.25, 0.3) is 0 Å². The van der Waals surface area contributed by atoms with E-state index in [2.05, 4.69) is 0 Å². The minimum atomic E-state index is -0.467. The fraction of sp³-hybridized carbons (Fsp3) is 0.500. The van der Waals surface area contributed by atoms with Crippen LogP contribution in [0.3, 0.4) is 0 Å². The first-order valence-electron chi connectivity index (χ1n) is 6.06. The highest BCUT2D eigenvalue weighted by molar-refractivity contribution is 5.34. The van der Waals surface area contributed by atoms with Crippen molar-refractivity contribution in [2.75, 3.05) is 6.61 Å². The Balaban J connectivity index is 1.76. The fourth-order valence-corrected chi connectivity index (χ4v) is 1.97. The summed E-state index contributed by atoms with van der Waals surface area (Å²) in [6, 6.07) is 6.38. The Morgan fingerprint density at radius 1 is 1.41 bits per heavy atom. The largest absolute Gasteiger partial charge is 0.377 e. The molecule has 0 radical (unpaired) electrons. The lowest BCUT2D eigenvalue weighted by molar-refractivity contribution is 0.0949. The molecule has 0 atom stereocenters. The molecule has 0 saturated heterocycles. The van der Waals surface area contributed by atoms with E-state index in [1.165, 1.54) is 25.3 Å². The molecule has 0 spiro atoms. The van der Waals surface area contributed by atoms with Crippen LogP contribution in [0.15, 0.2) is 18.2 Å². The molecule has 0 aliphatic heterocycles. The molecule has 1 aromatic rings. The summed E-state index contributed by atoms with van der Waals surface area (Å²) in [5.41, 5.74) is 0.946. The van der Waals surface area contributed by atoms with Crippen molar-refractivity contribution in [1.29, 1.82) is 5.26 Å². The van der Waals surface area contributed by atoms with E-state index in [0.29, 0.717) is 6.61 Å². The predicted octanol–water partition coefficient (Wildman–Crippen LogP) is 3.40. The monoisotopic (exact) mass is 233 g/mol. The van der Waals surface area contributed by atoms with Gasteiger partial charge in [-0.3, -0.25) is 0 Å². The smallest absolute Gasteiger partial charge is 0.140 e. The molecule has 1 aliphatic carbocycles. The van der Waals surface area contributed by atoms with Gasteiger partial charge in [-0.15, -0.1) is 0 Å². The average molecular weight is 233 g/mol. The van der Waals surface area contributed by atoms with Crippen molar-refractivity contribution < 1.29 is 9.13 Å². The summed E-state index contributed by atoms with van der Waals surface area (Å²) in [6.45, 7) is 1.21. The third-order valence-corrected chi connectivity index (χ3v) is 3.32. The number of hydrogen-bond donors (Lipinski definition) is 0. The Morgan fingerprint density at radius 2 is 2.24 bits per heavy atom. The van der Waals surface area contributed by atoms with Gasteiger partial charge in [-0.05, 0) is 30.0 Å². The topological polar surface area (TPSA) is 33.0 Å². The number of halogens is 1. The van der Waals surface area contributed by atoms with Gasteiger partial charge in [-0.25, -0.2) is 4.39 Å². The maximum Gasteiger partial charge on any atom is 0.140 e. The average Bonchev–Trinajstić information content (AvgIpc) is 2.28. The number of ether oxygens (including phenoxy) is 1. The van der Waals surface area contributed by atoms with Crippen molar-refractivity contribution in [3.8, 4) is 6.07 Å². The predicted molar refractivity (Wildman–Crippen MR) is 62.7 cm³/mol. The van der Waals surface area contributed by atoms with Crippen molar-refractivity contribution in [3.05, 3.63) is 35.1 Å². The highest BCUT2D eigenvalue weighted by Gasteiger charge is 2.16. The second-order valence-electron chi connectivity index (χ2n) is 4.56. The molecule has 0 heterocycles. The van der Waals surface area contributed by atoms with E-state index >= 15 is 0 Å². The lowest BCUT2D eigenvalue weighted by Gasteiger charge is -2.24. The molecule has 1 fully saturated rings. The van der Waals surface area contributed by atoms with Crippen molar-refractivity contribution in [2.45, 2.75) is 32.3 Å². The molecule has 1 saturated carbocycles. The molecule has 0 N–H and O–H groups in total. The highest BCUT2D eigenvalue weighted by atomic mass is 19.1. The van der Waals surface area contributed by atoms with Crippen LogP contribution in [0.2, 0.25) is 0 Å². The lowest BCUT2D eigenvalue weighted by Crippen LogP contribution is -2.13. The summed E-state index contributed by atoms with van der Waals surface area (Å²) < 4.78 is 18.6. The van der Waals surface area contributed by atoms with Crippen LogP contribution in [-0.2, 0) is 11.3 Å². The second-order valence-corrected chi connectivity index (χ2v) is 4.56. The standard InChI is InChI=1S/C14H16FNO/c15-14-5-4-12(8-13(14)9-16)10-17-7-6-11-2-1-3-11/h4-5,8,11H,1-3,6-7,10H2. The van der Waals surface area contributed by atoms with Gasteiger partial charge in [-0.1, -0.05) is 25.3 Å². The first-order chi connectivity index (χ1) is 8.29. The summed E-state index contributed by atoms with van der Waals surface area (Å²) in [7, 11) is 0. The van der Waals surface area contributed by atoms with Crippen LogP contribution in [0.4, 0.5) is 4.39 Å². The van der Waals surface area contributed by atoms with Crippen LogP contribution in [-0.4, -0.2) is 6.61 Å². The van der Waals surface area contributed by atoms with Gasteiger partial charge in [0.15, 0.2) is 0 Å². The maximum atomic E-state index is 13.1. The molecule has 0 amide bonds. The van der Waals surface area contributed by atoms with Crippen molar-refractivity contribution in [1.82, 2.24) is 0 Å². The van der Waals surface area contributed by atoms with Gasteiger partial charge in [0, 0.05) is 6.61 Å². The van der Waals surface area contributed by atoms with Gasteiger partial charge in [0.1, 0.15) is 11.9 Å². The van der Waals surface area contributed by atoms with Crippen LogP contribution >= 0.6 is 0 Å². The van der Waals surface area contributed by atoms with Gasteiger partial charge < -0.3 is 4.74 Å². The molecule has 90 valence electrons. The van der Waals surface area contributed by atoms with E-state index in [-0.39, 0.29) is 5.56 Å². The Morgan fingerprint density at radius 3 is 2.88 bits per heavy atom. The normalized spacial score (nSPS) is 15.3. The number of rotatable bonds is 5. The zero-order chi connectivity index (χ0) is 12.1. The quantitative estimate of drug-likeness (QED) is 0.730. The SMILES string of the molecule is N#Cc1cc(COCCC2CCC2)ccc1F. The minimum absolute atomic E-state index is 0.0880. The fourth-order valence-electron chi connectivity index (χ4n) is 1.97. The zero-order valence-electron chi connectivity index (χ0n) is 9.79. The number of nitrogens with zero attached hydrogens (tertiary/aromatic N) is 1. The van der Waals surface area contributed by atoms with Crippen molar-refractivity contribution in [2.24, 2.45) is 5.92 Å². The number of nitriles is 1. The Kier molecular flexibility index (Phi) is 4.11. The summed E-state index contributed by atoms with van der Waals surface area (Å²) in [5, 5.41) is 8.70. The lowest BCUT2D eigenvalue weighted by atomic mass is 9.83. The van der Waals surface area contributed by atoms with Gasteiger partial charge in [0.2, 0.25) is 0 Å². The summed E-state index contributed by atoms with van der Waals surface area (Å²) in [6.07, 6.45) is 5.14. The Bertz CT molecular complexity index is 421. The zero-order valence-corrected chi connectivity index (χ0v) is 9.79. The van der Waals surface area contributed by atoms with E-state index in [9.17, 15) is 4.39 Å². The van der Waals surface area contributed by atoms with E-state index in [1.807, 2.05) is 6.07 Å². The van der Waals surface area contributed by atoms with Crippen LogP contribution < -0.4 is 0 Å². The van der Waals surface area contributed by atoms with E-state index < -0.39 is 5.82 Å². The van der Waals surface area contributed by atoms with Crippen molar-refractivity contribution >= 4 is 0 Å². The van der Waals surface area contributed by atoms with Crippen molar-refractivity contribution in [3.63, 3.8) is 0 Å². The van der Waals surface area contributed by atoms with E-state index in [0.717, 1.165) is 24.5 Å². The van der Waals surface area contributed by atoms with Gasteiger partial charge in [-0.2, -0.15) is 5.26 Å². The molecule has 2 rings (SSSR count). The highest BCUT2D eigenvalue weighted by Crippen LogP contribution is 2.29. The molecule has 3 heteroatoms. The molecule has 0 unspecified atom stereocenters. The molecule has 1 aromatic carbocycles. The number of hydrogen-bond acceptors (Lipinski definition) is 2. The summed E-state index contributed by atoms with van der Waals surface area (Å²) in [4.78, 5) is 0. The van der Waals surface area contributed by atoms with Gasteiger partial charge >= 0.3 is 0 Å². The first-order valence-corrected chi connectivity index (χ1v) is 6.06. The molecule has 1 aliphatic rings. The molecular formula is C14H16FNO. The number of benzene rings is 1. The summed E-state index contributed by atoms with van der Waals surface area (Å²) >= 11 is 0. The first kappa shape index (κ1) is 12.1. The van der Waals surface area contributed by atoms with Crippen LogP contribution in [0.1, 0.15) is 36.8 Å². The molecular weight excluding hydrogens is 217 g/mol. The minimum Gasteiger partial charge on any atom is -0.377 e. The summed E-state index contributed by atoms with van der Waals surface area (Å²) in [5.74, 6) is 0.378. The molecule has 0 aromatic heterocycles. The molecule has 17 heavy (non-hydrogen) atoms. The Hall–Kier alpha value is -1.40. The third-order valence-electron chi connectivity index (χ3n) is 3.32. The van der Waals surface area contributed by atoms with Gasteiger partial charge in [0.25, 0.3) is 0 Å². The van der Waals surface area contributed by atoms with Crippen LogP contribution in [0.5, 0.6) is 0 Å². The Labute approximate surface area is 101 Å². The van der Waals surface area contributed by atoms with E-state index in [4.69, 9.17) is 10.00 Å². The van der Waals surface area contributed by atoms with E-state index in [1.54, 1.807) is 12.1 Å². The third kappa shape index (κ3) is 3.28. The van der Waals surface area contributed by atoms with Gasteiger partial charge in [0.05, 0.1) is 12.2 Å². The molecule has 0 bridgehead atoms. The van der Waals surface area contributed by atoms with Crippen LogP contribution in [0, 0.1) is 23.1 Å². The second kappa shape index (κ2) is 5.79. The maximum absolute atomic E-state index is 13.1.